The number of carbonyl (C=O) groups excluding carboxylic acids is 2. The van der Waals surface area contributed by atoms with Gasteiger partial charge in [-0.3, -0.25) is 13.9 Å². The number of nitrogens with one attached hydrogen (secondary N) is 1. The van der Waals surface area contributed by atoms with Gasteiger partial charge in [-0.1, -0.05) is 35.9 Å². The number of hydrogen-bond donors (Lipinski definition) is 1. The average molecular weight is 518 g/mol. The highest BCUT2D eigenvalue weighted by atomic mass is 35.5. The van der Waals surface area contributed by atoms with E-state index in [0.717, 1.165) is 42.5 Å². The summed E-state index contributed by atoms with van der Waals surface area (Å²) in [6.45, 7) is 0.627. The summed E-state index contributed by atoms with van der Waals surface area (Å²) in [4.78, 5) is 25.9. The number of sulfonamides is 1. The molecule has 184 valence electrons. The lowest BCUT2D eigenvalue weighted by Crippen LogP contribution is -2.40. The van der Waals surface area contributed by atoms with Crippen LogP contribution in [0.2, 0.25) is 5.02 Å². The number of likely N-dealkylation sites (tertiary alicyclic amines) is 1. The third-order valence-corrected chi connectivity index (χ3v) is 6.76. The van der Waals surface area contributed by atoms with Gasteiger partial charge in [0.25, 0.3) is 0 Å². The van der Waals surface area contributed by atoms with Crippen molar-refractivity contribution in [1.29, 1.82) is 0 Å². The fraction of sp³-hybridized carbons (Fsp3) is 0.364. The van der Waals surface area contributed by atoms with E-state index in [9.17, 15) is 31.2 Å². The van der Waals surface area contributed by atoms with Gasteiger partial charge in [0.05, 0.1) is 22.5 Å². The second-order valence-corrected chi connectivity index (χ2v) is 10.3. The Morgan fingerprint density at radius 3 is 2.35 bits per heavy atom. The number of nitrogens with zero attached hydrogens (tertiary/aromatic N) is 2. The second kappa shape index (κ2) is 10.2. The topological polar surface area (TPSA) is 86.8 Å². The fourth-order valence-electron chi connectivity index (χ4n) is 3.53. The maximum absolute atomic E-state index is 13.2. The molecular formula is C22H23ClF3N3O4S. The predicted molar refractivity (Wildman–Crippen MR) is 122 cm³/mol. The third kappa shape index (κ3) is 6.63. The van der Waals surface area contributed by atoms with E-state index in [2.05, 4.69) is 5.32 Å². The van der Waals surface area contributed by atoms with Crippen molar-refractivity contribution in [2.45, 2.75) is 32.1 Å². The zero-order chi connectivity index (χ0) is 25.1. The highest BCUT2D eigenvalue weighted by Crippen LogP contribution is 2.37. The van der Waals surface area contributed by atoms with Crippen molar-refractivity contribution in [3.05, 3.63) is 64.2 Å². The minimum Gasteiger partial charge on any atom is -0.350 e. The molecule has 3 rings (SSSR count). The van der Waals surface area contributed by atoms with Crippen molar-refractivity contribution < 1.29 is 31.2 Å². The molecule has 7 nitrogen and oxygen atoms in total. The Morgan fingerprint density at radius 1 is 1.15 bits per heavy atom. The standard InChI is InChI=1S/C22H23ClF3N3O4S/c1-34(32,33)29(17-8-9-19(23)18(11-17)22(24,25)26)14-20(30)27-12-15-4-6-16(7-5-15)13-28-10-2-3-21(28)31/h4-9,11H,2-3,10,12-14H2,1H3,(H,27,30). The first-order valence-corrected chi connectivity index (χ1v) is 12.5. The molecule has 2 aromatic carbocycles. The van der Waals surface area contributed by atoms with E-state index in [4.69, 9.17) is 11.6 Å². The van der Waals surface area contributed by atoms with E-state index < -0.39 is 39.2 Å². The first-order valence-electron chi connectivity index (χ1n) is 10.3. The Kier molecular flexibility index (Phi) is 7.77. The zero-order valence-electron chi connectivity index (χ0n) is 18.2. The van der Waals surface area contributed by atoms with Crippen molar-refractivity contribution in [1.82, 2.24) is 10.2 Å². The summed E-state index contributed by atoms with van der Waals surface area (Å²) in [5, 5.41) is 1.99. The van der Waals surface area contributed by atoms with Crippen LogP contribution in [-0.4, -0.2) is 44.5 Å². The molecule has 0 unspecified atom stereocenters. The molecule has 2 aromatic rings. The van der Waals surface area contributed by atoms with Crippen LogP contribution in [0.3, 0.4) is 0 Å². The summed E-state index contributed by atoms with van der Waals surface area (Å²) >= 11 is 5.60. The lowest BCUT2D eigenvalue weighted by Gasteiger charge is -2.23. The van der Waals surface area contributed by atoms with Gasteiger partial charge in [0.15, 0.2) is 0 Å². The van der Waals surface area contributed by atoms with Gasteiger partial charge in [0.2, 0.25) is 21.8 Å². The van der Waals surface area contributed by atoms with Crippen molar-refractivity contribution in [2.75, 3.05) is 23.7 Å². The molecule has 0 radical (unpaired) electrons. The first-order chi connectivity index (χ1) is 15.8. The van der Waals surface area contributed by atoms with E-state index in [1.54, 1.807) is 17.0 Å². The van der Waals surface area contributed by atoms with E-state index in [0.29, 0.717) is 23.3 Å². The Morgan fingerprint density at radius 2 is 1.79 bits per heavy atom. The van der Waals surface area contributed by atoms with Crippen LogP contribution in [0.15, 0.2) is 42.5 Å². The summed E-state index contributed by atoms with van der Waals surface area (Å²) in [5.74, 6) is -0.574. The first kappa shape index (κ1) is 25.8. The zero-order valence-corrected chi connectivity index (χ0v) is 19.8. The molecule has 0 bridgehead atoms. The summed E-state index contributed by atoms with van der Waals surface area (Å²) in [5.41, 5.74) is 0.157. The van der Waals surface area contributed by atoms with Crippen LogP contribution in [0.25, 0.3) is 0 Å². The molecule has 1 fully saturated rings. The number of carbonyl (C=O) groups is 2. The molecule has 1 N–H and O–H groups in total. The Balaban J connectivity index is 1.64. The number of halogens is 4. The van der Waals surface area contributed by atoms with E-state index in [-0.39, 0.29) is 18.1 Å². The Bertz CT molecular complexity index is 1170. The highest BCUT2D eigenvalue weighted by Gasteiger charge is 2.34. The van der Waals surface area contributed by atoms with E-state index in [1.165, 1.54) is 0 Å². The third-order valence-electron chi connectivity index (χ3n) is 5.29. The number of amides is 2. The normalized spacial score (nSPS) is 14.4. The molecule has 0 aromatic heterocycles. The number of hydrogen-bond acceptors (Lipinski definition) is 4. The fourth-order valence-corrected chi connectivity index (χ4v) is 4.60. The number of benzene rings is 2. The predicted octanol–water partition coefficient (Wildman–Crippen LogP) is 3.56. The van der Waals surface area contributed by atoms with Gasteiger partial charge in [-0.05, 0) is 35.7 Å². The van der Waals surface area contributed by atoms with Gasteiger partial charge in [0, 0.05) is 26.1 Å². The molecule has 0 atom stereocenters. The lowest BCUT2D eigenvalue weighted by atomic mass is 10.1. The second-order valence-electron chi connectivity index (χ2n) is 7.94. The Labute approximate surface area is 200 Å². The van der Waals surface area contributed by atoms with Crippen LogP contribution in [0.4, 0.5) is 18.9 Å². The van der Waals surface area contributed by atoms with Gasteiger partial charge in [0.1, 0.15) is 6.54 Å². The summed E-state index contributed by atoms with van der Waals surface area (Å²) in [7, 11) is -4.06. The van der Waals surface area contributed by atoms with E-state index >= 15 is 0 Å². The molecule has 0 spiro atoms. The molecule has 34 heavy (non-hydrogen) atoms. The number of anilines is 1. The quantitative estimate of drug-likeness (QED) is 0.580. The lowest BCUT2D eigenvalue weighted by molar-refractivity contribution is -0.137. The minimum absolute atomic E-state index is 0.0911. The van der Waals surface area contributed by atoms with E-state index in [1.807, 2.05) is 12.1 Å². The average Bonchev–Trinajstić information content (AvgIpc) is 3.15. The molecular weight excluding hydrogens is 495 g/mol. The van der Waals surface area contributed by atoms with Crippen LogP contribution in [-0.2, 0) is 38.9 Å². The van der Waals surface area contributed by atoms with Gasteiger partial charge < -0.3 is 10.2 Å². The number of rotatable bonds is 8. The monoisotopic (exact) mass is 517 g/mol. The molecule has 2 amide bonds. The van der Waals surface area contributed by atoms with Crippen molar-refractivity contribution in [3.63, 3.8) is 0 Å². The Hall–Kier alpha value is -2.79. The van der Waals surface area contributed by atoms with Gasteiger partial charge in [-0.15, -0.1) is 0 Å². The highest BCUT2D eigenvalue weighted by molar-refractivity contribution is 7.92. The summed E-state index contributed by atoms with van der Waals surface area (Å²) in [6.07, 6.45) is -2.58. The van der Waals surface area contributed by atoms with Crippen LogP contribution in [0.5, 0.6) is 0 Å². The van der Waals surface area contributed by atoms with Crippen molar-refractivity contribution >= 4 is 39.1 Å². The molecule has 12 heteroatoms. The van der Waals surface area contributed by atoms with Crippen LogP contribution < -0.4 is 9.62 Å². The maximum atomic E-state index is 13.2. The van der Waals surface area contributed by atoms with Crippen LogP contribution in [0.1, 0.15) is 29.5 Å². The largest absolute Gasteiger partial charge is 0.417 e. The van der Waals surface area contributed by atoms with Gasteiger partial charge in [-0.2, -0.15) is 13.2 Å². The maximum Gasteiger partial charge on any atom is 0.417 e. The smallest absolute Gasteiger partial charge is 0.350 e. The van der Waals surface area contributed by atoms with Gasteiger partial charge >= 0.3 is 6.18 Å². The molecule has 1 aliphatic heterocycles. The molecule has 1 heterocycles. The molecule has 1 saturated heterocycles. The SMILES string of the molecule is CS(=O)(=O)N(CC(=O)NCc1ccc(CN2CCCC2=O)cc1)c1ccc(Cl)c(C(F)(F)F)c1. The summed E-state index contributed by atoms with van der Waals surface area (Å²) in [6, 6.07) is 9.87. The summed E-state index contributed by atoms with van der Waals surface area (Å²) < 4.78 is 64.5. The van der Waals surface area contributed by atoms with Gasteiger partial charge in [-0.25, -0.2) is 8.42 Å². The number of alkyl halides is 3. The molecule has 0 saturated carbocycles. The molecule has 1 aliphatic rings. The minimum atomic E-state index is -4.78. The van der Waals surface area contributed by atoms with Crippen molar-refractivity contribution in [3.8, 4) is 0 Å². The molecule has 0 aliphatic carbocycles. The van der Waals surface area contributed by atoms with Crippen LogP contribution in [0, 0.1) is 0 Å². The van der Waals surface area contributed by atoms with Crippen LogP contribution >= 0.6 is 11.6 Å². The van der Waals surface area contributed by atoms with Crippen molar-refractivity contribution in [2.24, 2.45) is 0 Å².